The van der Waals surface area contributed by atoms with Crippen LogP contribution in [0.15, 0.2) is 67.1 Å². The molecule has 132 valence electrons. The molecule has 2 heterocycles. The van der Waals surface area contributed by atoms with Crippen molar-refractivity contribution in [1.82, 2.24) is 9.55 Å². The number of aryl methyl sites for hydroxylation is 4. The molecule has 3 nitrogen and oxygen atoms in total. The average molecular weight is 344 g/mol. The summed E-state index contributed by atoms with van der Waals surface area (Å²) >= 11 is 0. The first-order valence-electron chi connectivity index (χ1n) is 9.37. The molecule has 1 N–H and O–H groups in total. The molecule has 2 aromatic carbocycles. The van der Waals surface area contributed by atoms with Gasteiger partial charge in [0.2, 0.25) is 6.33 Å². The van der Waals surface area contributed by atoms with Gasteiger partial charge >= 0.3 is 0 Å². The van der Waals surface area contributed by atoms with Gasteiger partial charge in [0, 0.05) is 43.8 Å². The van der Waals surface area contributed by atoms with Gasteiger partial charge in [-0.3, -0.25) is 0 Å². The number of aromatic nitrogens is 3. The number of rotatable bonds is 6. The van der Waals surface area contributed by atoms with E-state index in [1.54, 1.807) is 0 Å². The molecule has 0 saturated heterocycles. The monoisotopic (exact) mass is 344 g/mol. The number of H-pyrrole nitrogens is 1. The summed E-state index contributed by atoms with van der Waals surface area (Å²) in [6.07, 6.45) is 6.54. The maximum absolute atomic E-state index is 3.38. The third-order valence-electron chi connectivity index (χ3n) is 5.45. The van der Waals surface area contributed by atoms with Crippen molar-refractivity contribution in [3.63, 3.8) is 0 Å². The predicted molar refractivity (Wildman–Crippen MR) is 106 cm³/mol. The van der Waals surface area contributed by atoms with Crippen LogP contribution in [0.25, 0.3) is 10.9 Å². The first kappa shape index (κ1) is 16.6. The number of hydrogen-bond donors (Lipinski definition) is 1. The van der Waals surface area contributed by atoms with Crippen LogP contribution in [0.2, 0.25) is 0 Å². The molecule has 0 fully saturated rings. The smallest absolute Gasteiger partial charge is 0.244 e. The minimum absolute atomic E-state index is 1.01. The fourth-order valence-electron chi connectivity index (χ4n) is 3.68. The molecule has 0 unspecified atom stereocenters. The Balaban J connectivity index is 1.47. The van der Waals surface area contributed by atoms with Crippen LogP contribution in [0.4, 0.5) is 0 Å². The highest BCUT2D eigenvalue weighted by Crippen LogP contribution is 2.18. The van der Waals surface area contributed by atoms with Gasteiger partial charge in [-0.2, -0.15) is 0 Å². The van der Waals surface area contributed by atoms with E-state index in [4.69, 9.17) is 0 Å². The Hall–Kier alpha value is -2.81. The van der Waals surface area contributed by atoms with E-state index in [0.717, 1.165) is 25.9 Å². The third-order valence-corrected chi connectivity index (χ3v) is 5.45. The normalized spacial score (nSPS) is 11.3. The molecule has 4 aromatic rings. The van der Waals surface area contributed by atoms with Crippen LogP contribution < -0.4 is 4.57 Å². The number of benzene rings is 2. The number of nitrogens with one attached hydrogen (secondary N) is 1. The summed E-state index contributed by atoms with van der Waals surface area (Å²) in [7, 11) is 0. The second-order valence-electron chi connectivity index (χ2n) is 7.02. The second-order valence-corrected chi connectivity index (χ2v) is 7.02. The fourth-order valence-corrected chi connectivity index (χ4v) is 3.68. The standard InChI is InChI=1S/C23H26N3/c1-18-19(2)26(17-25(18)14-12-20-8-4-3-5-9-20)15-13-21-16-24-23-11-7-6-10-22(21)23/h3-11,16-17,24H,12-15H2,1-2H3/q+1. The molecule has 0 aliphatic rings. The summed E-state index contributed by atoms with van der Waals surface area (Å²) in [4.78, 5) is 3.38. The quantitative estimate of drug-likeness (QED) is 0.503. The fraction of sp³-hybridized carbons (Fsp3) is 0.261. The Morgan fingerprint density at radius 2 is 1.69 bits per heavy atom. The Kier molecular flexibility index (Phi) is 4.61. The van der Waals surface area contributed by atoms with E-state index < -0.39 is 0 Å². The van der Waals surface area contributed by atoms with E-state index in [2.05, 4.69) is 95.1 Å². The molecule has 0 spiro atoms. The van der Waals surface area contributed by atoms with E-state index in [0.29, 0.717) is 0 Å². The predicted octanol–water partition coefficient (Wildman–Crippen LogP) is 4.36. The van der Waals surface area contributed by atoms with Gasteiger partial charge in [0.15, 0.2) is 0 Å². The molecule has 0 saturated carbocycles. The summed E-state index contributed by atoms with van der Waals surface area (Å²) in [6.45, 7) is 6.48. The van der Waals surface area contributed by atoms with Crippen LogP contribution in [-0.4, -0.2) is 9.55 Å². The largest absolute Gasteiger partial charge is 0.361 e. The van der Waals surface area contributed by atoms with Crippen LogP contribution in [0.5, 0.6) is 0 Å². The van der Waals surface area contributed by atoms with Gasteiger partial charge in [-0.15, -0.1) is 0 Å². The molecule has 0 aliphatic carbocycles. The lowest BCUT2D eigenvalue weighted by atomic mass is 10.1. The summed E-state index contributed by atoms with van der Waals surface area (Å²) in [5, 5.41) is 1.34. The summed E-state index contributed by atoms with van der Waals surface area (Å²) in [5.74, 6) is 0. The number of aromatic amines is 1. The summed E-state index contributed by atoms with van der Waals surface area (Å²) in [5.41, 5.74) is 6.73. The van der Waals surface area contributed by atoms with Crippen molar-refractivity contribution in [1.29, 1.82) is 0 Å². The average Bonchev–Trinajstić information content (AvgIpc) is 3.21. The van der Waals surface area contributed by atoms with Crippen molar-refractivity contribution in [2.75, 3.05) is 0 Å². The van der Waals surface area contributed by atoms with Crippen molar-refractivity contribution in [3.8, 4) is 0 Å². The van der Waals surface area contributed by atoms with Crippen LogP contribution in [0.3, 0.4) is 0 Å². The molecule has 2 aromatic heterocycles. The highest BCUT2D eigenvalue weighted by molar-refractivity contribution is 5.82. The maximum Gasteiger partial charge on any atom is 0.244 e. The molecule has 0 radical (unpaired) electrons. The van der Waals surface area contributed by atoms with Crippen LogP contribution in [0, 0.1) is 13.8 Å². The Morgan fingerprint density at radius 1 is 0.923 bits per heavy atom. The molecule has 0 aliphatic heterocycles. The summed E-state index contributed by atoms with van der Waals surface area (Å²) < 4.78 is 4.78. The van der Waals surface area contributed by atoms with Gasteiger partial charge in [-0.25, -0.2) is 9.13 Å². The van der Waals surface area contributed by atoms with Gasteiger partial charge in [0.05, 0.1) is 13.1 Å². The number of hydrogen-bond acceptors (Lipinski definition) is 0. The molecule has 4 rings (SSSR count). The van der Waals surface area contributed by atoms with E-state index in [1.165, 1.54) is 33.4 Å². The number of imidazole rings is 1. The molecular formula is C23H26N3+. The maximum atomic E-state index is 3.38. The molecule has 0 atom stereocenters. The van der Waals surface area contributed by atoms with E-state index in [-0.39, 0.29) is 0 Å². The topological polar surface area (TPSA) is 24.6 Å². The van der Waals surface area contributed by atoms with Gasteiger partial charge in [-0.1, -0.05) is 48.5 Å². The lowest BCUT2D eigenvalue weighted by molar-refractivity contribution is -0.701. The zero-order valence-corrected chi connectivity index (χ0v) is 15.6. The number of para-hydroxylation sites is 1. The minimum atomic E-state index is 1.01. The molecule has 26 heavy (non-hydrogen) atoms. The Bertz CT molecular complexity index is 1010. The first-order chi connectivity index (χ1) is 12.7. The van der Waals surface area contributed by atoms with Crippen LogP contribution >= 0.6 is 0 Å². The minimum Gasteiger partial charge on any atom is -0.361 e. The molecule has 0 amide bonds. The van der Waals surface area contributed by atoms with Gasteiger partial charge in [0.25, 0.3) is 0 Å². The van der Waals surface area contributed by atoms with Crippen LogP contribution in [-0.2, 0) is 25.9 Å². The van der Waals surface area contributed by atoms with E-state index in [9.17, 15) is 0 Å². The van der Waals surface area contributed by atoms with Crippen molar-refractivity contribution >= 4 is 10.9 Å². The zero-order chi connectivity index (χ0) is 17.9. The number of fused-ring (bicyclic) bond motifs is 1. The van der Waals surface area contributed by atoms with Crippen LogP contribution in [0.1, 0.15) is 22.5 Å². The van der Waals surface area contributed by atoms with Gasteiger partial charge < -0.3 is 4.98 Å². The molecule has 3 heteroatoms. The van der Waals surface area contributed by atoms with Gasteiger partial charge in [0.1, 0.15) is 11.4 Å². The molecular weight excluding hydrogens is 318 g/mol. The highest BCUT2D eigenvalue weighted by Gasteiger charge is 2.16. The molecule has 0 bridgehead atoms. The zero-order valence-electron chi connectivity index (χ0n) is 15.6. The summed E-state index contributed by atoms with van der Waals surface area (Å²) in [6, 6.07) is 19.3. The third kappa shape index (κ3) is 3.30. The van der Waals surface area contributed by atoms with Crippen molar-refractivity contribution in [3.05, 3.63) is 89.6 Å². The lowest BCUT2D eigenvalue weighted by Gasteiger charge is -2.00. The number of nitrogens with zero attached hydrogens (tertiary/aromatic N) is 2. The second kappa shape index (κ2) is 7.20. The Morgan fingerprint density at radius 3 is 2.54 bits per heavy atom. The van der Waals surface area contributed by atoms with E-state index >= 15 is 0 Å². The van der Waals surface area contributed by atoms with Crippen molar-refractivity contribution in [2.45, 2.75) is 39.8 Å². The lowest BCUT2D eigenvalue weighted by Crippen LogP contribution is -2.35. The highest BCUT2D eigenvalue weighted by atomic mass is 15.1. The van der Waals surface area contributed by atoms with E-state index in [1.807, 2.05) is 0 Å². The first-order valence-corrected chi connectivity index (χ1v) is 9.37. The van der Waals surface area contributed by atoms with Crippen molar-refractivity contribution < 1.29 is 4.57 Å². The Labute approximate surface area is 154 Å². The van der Waals surface area contributed by atoms with Crippen molar-refractivity contribution in [2.24, 2.45) is 0 Å². The SMILES string of the molecule is Cc1c(C)[n+](CCc2c[nH]c3ccccc23)cn1CCc1ccccc1. The van der Waals surface area contributed by atoms with Gasteiger partial charge in [-0.05, 0) is 17.2 Å².